The summed E-state index contributed by atoms with van der Waals surface area (Å²) in [6.45, 7) is 1.30. The molecule has 0 atom stereocenters. The van der Waals surface area contributed by atoms with Crippen LogP contribution in [0.15, 0.2) is 18.2 Å². The van der Waals surface area contributed by atoms with Gasteiger partial charge in [0.1, 0.15) is 0 Å². The summed E-state index contributed by atoms with van der Waals surface area (Å²) < 4.78 is 34.0. The summed E-state index contributed by atoms with van der Waals surface area (Å²) >= 11 is 9.21. The molecular weight excluding hydrogens is 291 g/mol. The fourth-order valence-corrected chi connectivity index (χ4v) is 2.00. The second kappa shape index (κ2) is 5.11. The Morgan fingerprint density at radius 2 is 2.12 bits per heavy atom. The van der Waals surface area contributed by atoms with Crippen molar-refractivity contribution in [2.24, 2.45) is 0 Å². The lowest BCUT2D eigenvalue weighted by atomic mass is 10.3. The molecule has 0 radical (unpaired) electrons. The molecule has 0 fully saturated rings. The maximum absolute atomic E-state index is 12.7. The minimum atomic E-state index is -4.99. The standard InChI is InChI=1S/C8H8ClFN2O3S2/c1-5(13)11-6-2-3-8(7(9)4-6)12(16)17(10,14)15/h2-4,16H,1H3,(H,11,13). The van der Waals surface area contributed by atoms with Crippen LogP contribution in [0.3, 0.4) is 0 Å². The molecule has 94 valence electrons. The zero-order valence-corrected chi connectivity index (χ0v) is 11.0. The molecule has 0 aliphatic heterocycles. The van der Waals surface area contributed by atoms with Crippen molar-refractivity contribution >= 4 is 52.1 Å². The molecular formula is C8H8ClFN2O3S2. The number of nitrogens with zero attached hydrogens (tertiary/aromatic N) is 1. The molecule has 0 saturated carbocycles. The number of thiol groups is 1. The second-order valence-corrected chi connectivity index (χ2v) is 5.30. The monoisotopic (exact) mass is 298 g/mol. The van der Waals surface area contributed by atoms with Crippen molar-refractivity contribution in [1.82, 2.24) is 0 Å². The Kier molecular flexibility index (Phi) is 4.23. The molecule has 0 unspecified atom stereocenters. The van der Waals surface area contributed by atoms with Gasteiger partial charge in [0.25, 0.3) is 0 Å². The topological polar surface area (TPSA) is 66.5 Å². The van der Waals surface area contributed by atoms with Crippen LogP contribution in [0, 0.1) is 0 Å². The summed E-state index contributed by atoms with van der Waals surface area (Å²) in [4.78, 5) is 10.8. The highest BCUT2D eigenvalue weighted by Crippen LogP contribution is 2.32. The van der Waals surface area contributed by atoms with Crippen LogP contribution in [-0.4, -0.2) is 14.3 Å². The van der Waals surface area contributed by atoms with Crippen molar-refractivity contribution < 1.29 is 17.1 Å². The van der Waals surface area contributed by atoms with Crippen molar-refractivity contribution in [3.63, 3.8) is 0 Å². The summed E-state index contributed by atoms with van der Waals surface area (Å²) in [7, 11) is -4.99. The molecule has 9 heteroatoms. The maximum Gasteiger partial charge on any atom is 0.408 e. The van der Waals surface area contributed by atoms with Gasteiger partial charge in [0.15, 0.2) is 0 Å². The Balaban J connectivity index is 3.10. The Morgan fingerprint density at radius 3 is 2.53 bits per heavy atom. The van der Waals surface area contributed by atoms with Gasteiger partial charge in [-0.3, -0.25) is 4.79 Å². The number of hydrogen-bond acceptors (Lipinski definition) is 4. The van der Waals surface area contributed by atoms with Gasteiger partial charge in [0.05, 0.1) is 10.7 Å². The summed E-state index contributed by atoms with van der Waals surface area (Å²) in [6.07, 6.45) is 0. The number of rotatable bonds is 3. The summed E-state index contributed by atoms with van der Waals surface area (Å²) in [5.74, 6) is -0.311. The third kappa shape index (κ3) is 3.76. The number of nitrogens with one attached hydrogen (secondary N) is 1. The van der Waals surface area contributed by atoms with E-state index in [1.54, 1.807) is 0 Å². The van der Waals surface area contributed by atoms with Crippen molar-refractivity contribution in [3.8, 4) is 0 Å². The van der Waals surface area contributed by atoms with Gasteiger partial charge in [0.2, 0.25) is 5.91 Å². The van der Waals surface area contributed by atoms with Crippen LogP contribution < -0.4 is 9.03 Å². The largest absolute Gasteiger partial charge is 0.408 e. The van der Waals surface area contributed by atoms with Crippen LogP contribution in [0.2, 0.25) is 5.02 Å². The van der Waals surface area contributed by atoms with E-state index in [0.29, 0.717) is 5.69 Å². The summed E-state index contributed by atoms with van der Waals surface area (Å²) in [5.41, 5.74) is 0.218. The van der Waals surface area contributed by atoms with Gasteiger partial charge in [-0.15, -0.1) is 0 Å². The Hall–Kier alpha value is -0.990. The molecule has 1 rings (SSSR count). The molecule has 1 amide bonds. The van der Waals surface area contributed by atoms with Crippen molar-refractivity contribution in [2.75, 3.05) is 9.03 Å². The number of halogens is 2. The first-order valence-corrected chi connectivity index (χ1v) is 6.34. The molecule has 1 aromatic rings. The van der Waals surface area contributed by atoms with E-state index in [1.165, 1.54) is 25.1 Å². The lowest BCUT2D eigenvalue weighted by Gasteiger charge is -2.14. The van der Waals surface area contributed by atoms with Gasteiger partial charge in [-0.2, -0.15) is 12.1 Å². The molecule has 17 heavy (non-hydrogen) atoms. The lowest BCUT2D eigenvalue weighted by Crippen LogP contribution is -2.16. The summed E-state index contributed by atoms with van der Waals surface area (Å²) in [6, 6.07) is 3.88. The van der Waals surface area contributed by atoms with Gasteiger partial charge >= 0.3 is 10.4 Å². The first-order valence-electron chi connectivity index (χ1n) is 4.22. The van der Waals surface area contributed by atoms with Crippen LogP contribution in [0.25, 0.3) is 0 Å². The predicted molar refractivity (Wildman–Crippen MR) is 67.2 cm³/mol. The van der Waals surface area contributed by atoms with Crippen molar-refractivity contribution in [3.05, 3.63) is 23.2 Å². The molecule has 5 nitrogen and oxygen atoms in total. The van der Waals surface area contributed by atoms with E-state index in [2.05, 4.69) is 18.1 Å². The van der Waals surface area contributed by atoms with E-state index in [9.17, 15) is 17.1 Å². The fraction of sp³-hybridized carbons (Fsp3) is 0.125. The van der Waals surface area contributed by atoms with E-state index in [1.807, 2.05) is 0 Å². The predicted octanol–water partition coefficient (Wildman–Crippen LogP) is 2.16. The molecule has 0 spiro atoms. The molecule has 0 bridgehead atoms. The first kappa shape index (κ1) is 14.1. The fourth-order valence-electron chi connectivity index (χ4n) is 1.06. The van der Waals surface area contributed by atoms with E-state index in [-0.39, 0.29) is 20.3 Å². The summed E-state index contributed by atoms with van der Waals surface area (Å²) in [5, 5.41) is 2.38. The Bertz CT molecular complexity index is 550. The number of anilines is 2. The van der Waals surface area contributed by atoms with E-state index in [0.717, 1.165) is 0 Å². The minimum absolute atomic E-state index is 0.0625. The third-order valence-electron chi connectivity index (χ3n) is 1.68. The van der Waals surface area contributed by atoms with E-state index >= 15 is 0 Å². The van der Waals surface area contributed by atoms with Gasteiger partial charge in [-0.05, 0) is 31.0 Å². The molecule has 1 N–H and O–H groups in total. The van der Waals surface area contributed by atoms with Crippen molar-refractivity contribution in [2.45, 2.75) is 6.92 Å². The van der Waals surface area contributed by atoms with Gasteiger partial charge in [-0.25, -0.2) is 0 Å². The average molecular weight is 299 g/mol. The maximum atomic E-state index is 12.7. The molecule has 0 aromatic heterocycles. The van der Waals surface area contributed by atoms with E-state index in [4.69, 9.17) is 11.6 Å². The quantitative estimate of drug-likeness (QED) is 0.664. The average Bonchev–Trinajstić information content (AvgIpc) is 2.14. The third-order valence-corrected chi connectivity index (χ3v) is 3.39. The van der Waals surface area contributed by atoms with Crippen molar-refractivity contribution in [1.29, 1.82) is 0 Å². The van der Waals surface area contributed by atoms with Crippen LogP contribution in [0.4, 0.5) is 15.3 Å². The number of benzene rings is 1. The van der Waals surface area contributed by atoms with Gasteiger partial charge < -0.3 is 5.32 Å². The molecule has 0 aliphatic carbocycles. The molecule has 0 aliphatic rings. The molecule has 0 saturated heterocycles. The minimum Gasteiger partial charge on any atom is -0.326 e. The normalized spacial score (nSPS) is 11.1. The highest BCUT2D eigenvalue weighted by molar-refractivity contribution is 8.03. The van der Waals surface area contributed by atoms with Crippen LogP contribution in [0.1, 0.15) is 6.92 Å². The number of hydrogen-bond donors (Lipinski definition) is 2. The zero-order chi connectivity index (χ0) is 13.2. The first-order chi connectivity index (χ1) is 7.71. The molecule has 1 aromatic carbocycles. The highest BCUT2D eigenvalue weighted by atomic mass is 35.5. The zero-order valence-electron chi connectivity index (χ0n) is 8.52. The van der Waals surface area contributed by atoms with Crippen LogP contribution >= 0.6 is 24.4 Å². The van der Waals surface area contributed by atoms with Gasteiger partial charge in [-0.1, -0.05) is 15.5 Å². The SMILES string of the molecule is CC(=O)Nc1ccc(N(S)S(=O)(=O)F)c(Cl)c1. The second-order valence-electron chi connectivity index (χ2n) is 3.03. The highest BCUT2D eigenvalue weighted by Gasteiger charge is 2.20. The Morgan fingerprint density at radius 1 is 1.53 bits per heavy atom. The number of carbonyl (C=O) groups excluding carboxylic acids is 1. The Labute approximate surface area is 108 Å². The van der Waals surface area contributed by atoms with E-state index < -0.39 is 10.4 Å². The smallest absolute Gasteiger partial charge is 0.326 e. The van der Waals surface area contributed by atoms with Gasteiger partial charge in [0, 0.05) is 12.6 Å². The van der Waals surface area contributed by atoms with Crippen LogP contribution in [0.5, 0.6) is 0 Å². The lowest BCUT2D eigenvalue weighted by molar-refractivity contribution is -0.114. The number of carbonyl (C=O) groups is 1. The van der Waals surface area contributed by atoms with Crippen LogP contribution in [-0.2, 0) is 15.2 Å². The number of amides is 1. The molecule has 0 heterocycles.